The van der Waals surface area contributed by atoms with E-state index in [2.05, 4.69) is 31.3 Å². The molecular formula is C72H137NO10. The maximum absolute atomic E-state index is 13.0. The average Bonchev–Trinajstić information content (AvgIpc) is 3.57. The highest BCUT2D eigenvalue weighted by molar-refractivity contribution is 5.76. The van der Waals surface area contributed by atoms with Crippen molar-refractivity contribution >= 4 is 11.9 Å². The van der Waals surface area contributed by atoms with Gasteiger partial charge < -0.3 is 45.1 Å². The third-order valence-corrected chi connectivity index (χ3v) is 17.3. The van der Waals surface area contributed by atoms with Gasteiger partial charge in [-0.3, -0.25) is 9.59 Å². The molecule has 6 N–H and O–H groups in total. The number of allylic oxidation sites excluding steroid dienone is 3. The molecule has 1 aliphatic heterocycles. The Hall–Kier alpha value is -1.86. The van der Waals surface area contributed by atoms with Crippen LogP contribution in [0.15, 0.2) is 24.3 Å². The van der Waals surface area contributed by atoms with Crippen LogP contribution in [0.25, 0.3) is 0 Å². The van der Waals surface area contributed by atoms with Crippen LogP contribution in [0.2, 0.25) is 0 Å². The molecule has 7 atom stereocenters. The number of rotatable bonds is 64. The SMILES string of the molecule is CCCCCCCCC/C=C/C(O)C(COC1OC(CO)C(O)C(O)C1O)NC(=O)CCCCCCCCCCCCCCCCC/C=C\CCCCCCCCCCCCCCOC(=O)CCCCCCCCCCCCCCCCC. The minimum atomic E-state index is -1.57. The lowest BCUT2D eigenvalue weighted by Crippen LogP contribution is -2.60. The quantitative estimate of drug-likeness (QED) is 0.0195. The van der Waals surface area contributed by atoms with E-state index in [-0.39, 0.29) is 18.5 Å². The minimum Gasteiger partial charge on any atom is -0.466 e. The van der Waals surface area contributed by atoms with E-state index < -0.39 is 49.5 Å². The molecular weight excluding hydrogens is 1040 g/mol. The van der Waals surface area contributed by atoms with Crippen LogP contribution in [-0.4, -0.2) is 100 Å². The highest BCUT2D eigenvalue weighted by Crippen LogP contribution is 2.23. The molecule has 7 unspecified atom stereocenters. The molecule has 0 aromatic carbocycles. The Bertz CT molecular complexity index is 1430. The zero-order valence-electron chi connectivity index (χ0n) is 54.4. The predicted molar refractivity (Wildman–Crippen MR) is 348 cm³/mol. The highest BCUT2D eigenvalue weighted by atomic mass is 16.7. The smallest absolute Gasteiger partial charge is 0.305 e. The molecule has 1 fully saturated rings. The van der Waals surface area contributed by atoms with Crippen molar-refractivity contribution in [1.29, 1.82) is 0 Å². The van der Waals surface area contributed by atoms with E-state index >= 15 is 0 Å². The Balaban J connectivity index is 1.90. The first kappa shape index (κ1) is 79.2. The van der Waals surface area contributed by atoms with E-state index in [4.69, 9.17) is 14.2 Å². The van der Waals surface area contributed by atoms with Crippen molar-refractivity contribution < 1.29 is 49.3 Å². The van der Waals surface area contributed by atoms with Crippen molar-refractivity contribution in [3.05, 3.63) is 24.3 Å². The van der Waals surface area contributed by atoms with E-state index in [0.717, 1.165) is 51.4 Å². The molecule has 1 amide bonds. The molecule has 11 heteroatoms. The third kappa shape index (κ3) is 50.8. The molecule has 1 aliphatic rings. The fourth-order valence-corrected chi connectivity index (χ4v) is 11.6. The molecule has 0 saturated carbocycles. The first-order valence-electron chi connectivity index (χ1n) is 36.1. The molecule has 0 spiro atoms. The zero-order valence-corrected chi connectivity index (χ0v) is 54.4. The Kier molecular flexibility index (Phi) is 58.9. The van der Waals surface area contributed by atoms with Crippen LogP contribution in [0.4, 0.5) is 0 Å². The number of aliphatic hydroxyl groups is 5. The number of aliphatic hydroxyl groups excluding tert-OH is 5. The number of unbranched alkanes of at least 4 members (excludes halogenated alkanes) is 48. The molecule has 0 radical (unpaired) electrons. The Morgan fingerprint density at radius 2 is 0.771 bits per heavy atom. The summed E-state index contributed by atoms with van der Waals surface area (Å²) < 4.78 is 16.7. The van der Waals surface area contributed by atoms with E-state index in [1.54, 1.807) is 6.08 Å². The summed E-state index contributed by atoms with van der Waals surface area (Å²) in [7, 11) is 0. The number of carbonyl (C=O) groups is 2. The van der Waals surface area contributed by atoms with Crippen molar-refractivity contribution in [2.75, 3.05) is 19.8 Å². The normalized spacial score (nSPS) is 18.2. The summed E-state index contributed by atoms with van der Waals surface area (Å²) in [6.07, 6.45) is 67.7. The van der Waals surface area contributed by atoms with Gasteiger partial charge in [0.15, 0.2) is 6.29 Å². The zero-order chi connectivity index (χ0) is 60.2. The van der Waals surface area contributed by atoms with Crippen molar-refractivity contribution in [2.24, 2.45) is 0 Å². The summed E-state index contributed by atoms with van der Waals surface area (Å²) in [4.78, 5) is 25.1. The van der Waals surface area contributed by atoms with Crippen molar-refractivity contribution in [1.82, 2.24) is 5.32 Å². The second-order valence-electron chi connectivity index (χ2n) is 25.3. The second kappa shape index (κ2) is 61.8. The number of ether oxygens (including phenoxy) is 3. The van der Waals surface area contributed by atoms with Crippen LogP contribution in [0.1, 0.15) is 361 Å². The van der Waals surface area contributed by atoms with Gasteiger partial charge in [-0.25, -0.2) is 0 Å². The van der Waals surface area contributed by atoms with Gasteiger partial charge in [-0.2, -0.15) is 0 Å². The summed E-state index contributed by atoms with van der Waals surface area (Å²) in [5, 5.41) is 54.3. The molecule has 1 saturated heterocycles. The van der Waals surface area contributed by atoms with Crippen LogP contribution < -0.4 is 5.32 Å². The van der Waals surface area contributed by atoms with E-state index in [1.807, 2.05) is 6.08 Å². The summed E-state index contributed by atoms with van der Waals surface area (Å²) in [6.45, 7) is 4.36. The van der Waals surface area contributed by atoms with Crippen LogP contribution in [-0.2, 0) is 23.8 Å². The largest absolute Gasteiger partial charge is 0.466 e. The van der Waals surface area contributed by atoms with Gasteiger partial charge >= 0.3 is 5.97 Å². The highest BCUT2D eigenvalue weighted by Gasteiger charge is 2.44. The molecule has 0 bridgehead atoms. The van der Waals surface area contributed by atoms with Crippen LogP contribution in [0.5, 0.6) is 0 Å². The number of carbonyl (C=O) groups excluding carboxylic acids is 2. The van der Waals surface area contributed by atoms with Gasteiger partial charge in [0, 0.05) is 12.8 Å². The van der Waals surface area contributed by atoms with Crippen molar-refractivity contribution in [2.45, 2.75) is 403 Å². The van der Waals surface area contributed by atoms with Gasteiger partial charge in [0.25, 0.3) is 0 Å². The van der Waals surface area contributed by atoms with Crippen molar-refractivity contribution in [3.8, 4) is 0 Å². The molecule has 1 heterocycles. The maximum atomic E-state index is 13.0. The Morgan fingerprint density at radius 1 is 0.434 bits per heavy atom. The Morgan fingerprint density at radius 3 is 1.16 bits per heavy atom. The predicted octanol–water partition coefficient (Wildman–Crippen LogP) is 18.4. The molecule has 1 rings (SSSR count). The summed E-state index contributed by atoms with van der Waals surface area (Å²) >= 11 is 0. The first-order valence-corrected chi connectivity index (χ1v) is 36.1. The number of hydrogen-bond donors (Lipinski definition) is 6. The van der Waals surface area contributed by atoms with Gasteiger partial charge in [0.05, 0.1) is 32.0 Å². The lowest BCUT2D eigenvalue weighted by atomic mass is 9.99. The molecule has 11 nitrogen and oxygen atoms in total. The monoisotopic (exact) mass is 1180 g/mol. The van der Waals surface area contributed by atoms with E-state index in [1.165, 1.54) is 283 Å². The van der Waals surface area contributed by atoms with Gasteiger partial charge in [-0.15, -0.1) is 0 Å². The summed E-state index contributed by atoms with van der Waals surface area (Å²) in [5.74, 6) is -0.167. The Labute approximate surface area is 511 Å². The van der Waals surface area contributed by atoms with E-state index in [9.17, 15) is 35.1 Å². The number of esters is 1. The number of nitrogens with one attached hydrogen (secondary N) is 1. The summed E-state index contributed by atoms with van der Waals surface area (Å²) in [5.41, 5.74) is 0. The van der Waals surface area contributed by atoms with Gasteiger partial charge in [0.2, 0.25) is 5.91 Å². The maximum Gasteiger partial charge on any atom is 0.305 e. The fraction of sp³-hybridized carbons (Fsp3) is 0.917. The van der Waals surface area contributed by atoms with Crippen LogP contribution in [0, 0.1) is 0 Å². The summed E-state index contributed by atoms with van der Waals surface area (Å²) in [6, 6.07) is -0.806. The number of amides is 1. The topological polar surface area (TPSA) is 175 Å². The van der Waals surface area contributed by atoms with Gasteiger partial charge in [-0.1, -0.05) is 314 Å². The first-order chi connectivity index (χ1) is 40.7. The van der Waals surface area contributed by atoms with Crippen LogP contribution >= 0.6 is 0 Å². The van der Waals surface area contributed by atoms with Gasteiger partial charge in [0.1, 0.15) is 24.4 Å². The molecule has 490 valence electrons. The fourth-order valence-electron chi connectivity index (χ4n) is 11.6. The van der Waals surface area contributed by atoms with Gasteiger partial charge in [-0.05, 0) is 57.8 Å². The standard InChI is InChI=1S/C72H137NO10/c1-3-5-7-9-11-13-14-15-33-37-40-44-48-52-56-60-68(77)81-61-57-53-49-45-41-38-35-32-30-28-26-24-22-20-18-16-17-19-21-23-25-27-29-31-34-36-39-43-47-51-55-59-67(76)73-64(65(75)58-54-50-46-42-12-10-8-6-4-2)63-82-72-71(80)70(79)69(78)66(62-74)83-72/h18,20,54,58,64-66,69-72,74-75,78-80H,3-17,19,21-53,55-57,59-63H2,1-2H3,(H,73,76)/b20-18-,58-54+. The lowest BCUT2D eigenvalue weighted by molar-refractivity contribution is -0.302. The average molecular weight is 1180 g/mol. The molecule has 0 aliphatic carbocycles. The molecule has 0 aromatic rings. The molecule has 83 heavy (non-hydrogen) atoms. The van der Waals surface area contributed by atoms with E-state index in [0.29, 0.717) is 19.4 Å². The third-order valence-electron chi connectivity index (χ3n) is 17.3. The van der Waals surface area contributed by atoms with Crippen molar-refractivity contribution in [3.63, 3.8) is 0 Å². The number of hydrogen-bond acceptors (Lipinski definition) is 10. The molecule has 0 aromatic heterocycles. The lowest BCUT2D eigenvalue weighted by Gasteiger charge is -2.40. The van der Waals surface area contributed by atoms with Crippen LogP contribution in [0.3, 0.4) is 0 Å². The minimum absolute atomic E-state index is 0.0132. The second-order valence-corrected chi connectivity index (χ2v) is 25.3.